The second-order valence-electron chi connectivity index (χ2n) is 16.3. The summed E-state index contributed by atoms with van der Waals surface area (Å²) < 4.78 is 5.63. The fraction of sp³-hybridized carbons (Fsp3) is 0.0476. The van der Waals surface area contributed by atoms with Crippen LogP contribution in [0.5, 0.6) is 0 Å². The molecule has 2 heterocycles. The van der Waals surface area contributed by atoms with Gasteiger partial charge >= 0.3 is 7.12 Å². The molecule has 71 heavy (non-hydrogen) atoms. The fourth-order valence-corrected chi connectivity index (χ4v) is 8.93. The van der Waals surface area contributed by atoms with E-state index in [1.165, 1.54) is 38.6 Å². The molecule has 0 aliphatic carbocycles. The maximum atomic E-state index is 9.43. The van der Waals surface area contributed by atoms with Gasteiger partial charge in [0.25, 0.3) is 0 Å². The highest BCUT2D eigenvalue weighted by Gasteiger charge is 2.17. The van der Waals surface area contributed by atoms with Crippen molar-refractivity contribution in [1.29, 1.82) is 0 Å². The highest BCUT2D eigenvalue weighted by atomic mass is 79.9. The molecule has 0 aliphatic rings. The van der Waals surface area contributed by atoms with Crippen molar-refractivity contribution in [2.24, 2.45) is 0 Å². The summed E-state index contributed by atoms with van der Waals surface area (Å²) in [5.74, 6) is 0. The second-order valence-corrected chi connectivity index (χ2v) is 17.2. The number of anilines is 4. The summed E-state index contributed by atoms with van der Waals surface area (Å²) in [4.78, 5) is 0. The quantitative estimate of drug-likeness (QED) is 0.114. The first-order chi connectivity index (χ1) is 33.5. The van der Waals surface area contributed by atoms with Gasteiger partial charge < -0.3 is 29.8 Å². The first kappa shape index (κ1) is 50.7. The highest BCUT2D eigenvalue weighted by Crippen LogP contribution is 2.36. The average molecular weight is 994 g/mol. The normalized spacial score (nSPS) is 10.4. The van der Waals surface area contributed by atoms with Crippen molar-refractivity contribution in [1.82, 2.24) is 9.13 Å². The molecule has 352 valence electrons. The Balaban J connectivity index is 0.000000166. The molecule has 12 rings (SSSR count). The summed E-state index contributed by atoms with van der Waals surface area (Å²) in [5.41, 5.74) is 14.2. The van der Waals surface area contributed by atoms with Crippen LogP contribution < -0.4 is 16.1 Å². The summed E-state index contributed by atoms with van der Waals surface area (Å²) in [6.07, 6.45) is 0. The molecular weight excluding hydrogens is 935 g/mol. The Morgan fingerprint density at radius 3 is 1.14 bits per heavy atom. The van der Waals surface area contributed by atoms with Crippen LogP contribution in [0.4, 0.5) is 22.7 Å². The van der Waals surface area contributed by atoms with E-state index in [9.17, 15) is 10.0 Å². The molecule has 0 spiro atoms. The van der Waals surface area contributed by atoms with E-state index in [4.69, 9.17) is 0 Å². The Bertz CT molecular complexity index is 3580. The zero-order valence-corrected chi connectivity index (χ0v) is 38.6. The minimum Gasteiger partial charge on any atom is -0.423 e. The van der Waals surface area contributed by atoms with E-state index in [2.05, 4.69) is 169 Å². The number of para-hydroxylation sites is 6. The number of nitrogens with one attached hydrogen (secondary N) is 2. The smallest absolute Gasteiger partial charge is 0.423 e. The second kappa shape index (κ2) is 23.4. The number of hydrogen-bond acceptors (Lipinski definition) is 4. The molecule has 0 aliphatic heterocycles. The van der Waals surface area contributed by atoms with Crippen LogP contribution in [0.2, 0.25) is 0 Å². The van der Waals surface area contributed by atoms with Crippen molar-refractivity contribution in [3.63, 3.8) is 0 Å². The molecular formula is C63H58BBrN4O2. The van der Waals surface area contributed by atoms with Crippen molar-refractivity contribution in [2.45, 2.75) is 22.3 Å². The van der Waals surface area contributed by atoms with Gasteiger partial charge in [0.1, 0.15) is 0 Å². The molecule has 0 atom stereocenters. The lowest BCUT2D eigenvalue weighted by Gasteiger charge is -2.09. The molecule has 10 aromatic carbocycles. The van der Waals surface area contributed by atoms with E-state index in [0.29, 0.717) is 5.46 Å². The van der Waals surface area contributed by atoms with Gasteiger partial charge in [-0.15, -0.1) is 0 Å². The summed E-state index contributed by atoms with van der Waals surface area (Å²) in [6.45, 7) is 0. The summed E-state index contributed by atoms with van der Waals surface area (Å²) in [6, 6.07) is 87.0. The van der Waals surface area contributed by atoms with Crippen molar-refractivity contribution in [3.05, 3.63) is 259 Å². The van der Waals surface area contributed by atoms with E-state index in [0.717, 1.165) is 54.7 Å². The SMILES string of the molecule is Brc1ccc(Nc2ccccc2)cc1.C.C.C.OB(O)c1ccc2c(c1)c1ccccc1n2-c1ccccc1.c1ccc(Nc2ccc(-c3ccc4c(c3)c3ccccc3n4-c3ccccc3)cc2)cc1. The van der Waals surface area contributed by atoms with E-state index >= 15 is 0 Å². The van der Waals surface area contributed by atoms with Gasteiger partial charge in [0.15, 0.2) is 0 Å². The Morgan fingerprint density at radius 1 is 0.324 bits per heavy atom. The molecule has 0 fully saturated rings. The predicted octanol–water partition coefficient (Wildman–Crippen LogP) is 16.8. The van der Waals surface area contributed by atoms with Gasteiger partial charge in [-0.25, -0.2) is 0 Å². The Labute approximate surface area is 426 Å². The summed E-state index contributed by atoms with van der Waals surface area (Å²) in [7, 11) is -1.46. The molecule has 12 aromatic rings. The largest absolute Gasteiger partial charge is 0.488 e. The molecule has 0 bridgehead atoms. The van der Waals surface area contributed by atoms with E-state index in [1.54, 1.807) is 6.07 Å². The van der Waals surface area contributed by atoms with Crippen LogP contribution in [0.1, 0.15) is 22.3 Å². The summed E-state index contributed by atoms with van der Waals surface area (Å²) in [5, 5.41) is 30.3. The first-order valence-electron chi connectivity index (χ1n) is 22.5. The number of aromatic nitrogens is 2. The third kappa shape index (κ3) is 11.3. The Kier molecular flexibility index (Phi) is 16.8. The maximum Gasteiger partial charge on any atom is 0.488 e. The molecule has 0 radical (unpaired) electrons. The van der Waals surface area contributed by atoms with E-state index < -0.39 is 7.12 Å². The number of rotatable bonds is 8. The van der Waals surface area contributed by atoms with Crippen LogP contribution in [-0.2, 0) is 0 Å². The zero-order chi connectivity index (χ0) is 46.2. The first-order valence-corrected chi connectivity index (χ1v) is 23.3. The number of benzene rings is 10. The van der Waals surface area contributed by atoms with Crippen molar-refractivity contribution in [2.75, 3.05) is 10.6 Å². The minimum atomic E-state index is -1.46. The van der Waals surface area contributed by atoms with Gasteiger partial charge in [0.05, 0.1) is 22.1 Å². The average Bonchev–Trinajstić information content (AvgIpc) is 3.91. The van der Waals surface area contributed by atoms with Crippen molar-refractivity contribution < 1.29 is 10.0 Å². The third-order valence-corrected chi connectivity index (χ3v) is 12.4. The molecule has 0 unspecified atom stereocenters. The molecule has 0 saturated carbocycles. The van der Waals surface area contributed by atoms with E-state index in [1.807, 2.05) is 115 Å². The number of hydrogen-bond donors (Lipinski definition) is 4. The van der Waals surface area contributed by atoms with Gasteiger partial charge in [0, 0.05) is 60.1 Å². The number of fused-ring (bicyclic) bond motifs is 6. The van der Waals surface area contributed by atoms with Gasteiger partial charge in [-0.05, 0) is 132 Å². The van der Waals surface area contributed by atoms with Gasteiger partial charge in [-0.3, -0.25) is 0 Å². The standard InChI is InChI=1S/C30H22N2.C18H14BNO2.C12H10BrN.3CH4/c1-3-9-24(10-4-1)31-25-18-15-22(16-19-25)23-17-20-30-28(21-23)27-13-7-8-14-29(27)32(30)26-11-5-2-6-12-26;21-19(22)13-10-11-18-16(12-13)15-8-4-5-9-17(15)20(18)14-6-2-1-3-7-14;13-10-6-8-12(9-7-10)14-11-4-2-1-3-5-11;;;/h1-21,31H;1-12,21-22H;1-9,14H;3*1H4. The number of nitrogens with zero attached hydrogens (tertiary/aromatic N) is 2. The van der Waals surface area contributed by atoms with Gasteiger partial charge in [-0.1, -0.05) is 178 Å². The summed E-state index contributed by atoms with van der Waals surface area (Å²) >= 11 is 3.40. The van der Waals surface area contributed by atoms with Crippen molar-refractivity contribution in [3.8, 4) is 22.5 Å². The number of halogens is 1. The minimum absolute atomic E-state index is 0. The zero-order valence-electron chi connectivity index (χ0n) is 37.0. The van der Waals surface area contributed by atoms with Crippen LogP contribution in [0.15, 0.2) is 259 Å². The van der Waals surface area contributed by atoms with Crippen LogP contribution in [0, 0.1) is 0 Å². The van der Waals surface area contributed by atoms with Gasteiger partial charge in [0.2, 0.25) is 0 Å². The Morgan fingerprint density at radius 2 is 0.676 bits per heavy atom. The van der Waals surface area contributed by atoms with Crippen LogP contribution in [-0.4, -0.2) is 26.3 Å². The lowest BCUT2D eigenvalue weighted by atomic mass is 9.80. The van der Waals surface area contributed by atoms with Crippen LogP contribution in [0.3, 0.4) is 0 Å². The van der Waals surface area contributed by atoms with Crippen LogP contribution >= 0.6 is 15.9 Å². The van der Waals surface area contributed by atoms with E-state index in [-0.39, 0.29) is 22.3 Å². The molecule has 0 saturated heterocycles. The Hall–Kier alpha value is -8.14. The predicted molar refractivity (Wildman–Crippen MR) is 311 cm³/mol. The third-order valence-electron chi connectivity index (χ3n) is 11.9. The highest BCUT2D eigenvalue weighted by molar-refractivity contribution is 9.10. The van der Waals surface area contributed by atoms with Crippen molar-refractivity contribution >= 4 is 94.9 Å². The molecule has 0 amide bonds. The molecule has 4 N–H and O–H groups in total. The molecule has 8 heteroatoms. The molecule has 2 aromatic heterocycles. The lowest BCUT2D eigenvalue weighted by molar-refractivity contribution is 0.426. The molecule has 6 nitrogen and oxygen atoms in total. The topological polar surface area (TPSA) is 74.4 Å². The lowest BCUT2D eigenvalue weighted by Crippen LogP contribution is -2.29. The van der Waals surface area contributed by atoms with Gasteiger partial charge in [-0.2, -0.15) is 0 Å². The van der Waals surface area contributed by atoms with Crippen LogP contribution in [0.25, 0.3) is 66.1 Å². The fourth-order valence-electron chi connectivity index (χ4n) is 8.67. The maximum absolute atomic E-state index is 9.43. The monoisotopic (exact) mass is 992 g/mol.